The van der Waals surface area contributed by atoms with Crippen LogP contribution in [0.15, 0.2) is 12.3 Å². The number of aromatic nitrogens is 1. The molecule has 2 rings (SSSR count). The zero-order valence-electron chi connectivity index (χ0n) is 16.8. The van der Waals surface area contributed by atoms with Gasteiger partial charge in [-0.2, -0.15) is 0 Å². The van der Waals surface area contributed by atoms with E-state index in [0.717, 1.165) is 6.54 Å². The van der Waals surface area contributed by atoms with E-state index in [9.17, 15) is 9.59 Å². The number of esters is 1. The highest BCUT2D eigenvalue weighted by molar-refractivity contribution is 5.87. The number of anilines is 2. The van der Waals surface area contributed by atoms with Gasteiger partial charge in [-0.3, -0.25) is 9.69 Å². The van der Waals surface area contributed by atoms with Gasteiger partial charge in [0.15, 0.2) is 0 Å². The molecule has 0 spiro atoms. The molecule has 0 unspecified atom stereocenters. The minimum Gasteiger partial charge on any atom is -0.469 e. The second-order valence-electron chi connectivity index (χ2n) is 7.33. The Morgan fingerprint density at radius 3 is 2.63 bits per heavy atom. The van der Waals surface area contributed by atoms with E-state index in [1.165, 1.54) is 44.1 Å². The summed E-state index contributed by atoms with van der Waals surface area (Å²) < 4.78 is 10.0. The number of carbonyl (C=O) groups excluding carboxylic acids is 2. The Bertz CT molecular complexity index is 642. The van der Waals surface area contributed by atoms with Crippen molar-refractivity contribution in [1.29, 1.82) is 0 Å². The number of hydrogen-bond acceptors (Lipinski definition) is 6. The molecule has 0 aromatic carbocycles. The lowest BCUT2D eigenvalue weighted by Gasteiger charge is -2.23. The maximum absolute atomic E-state index is 12.1. The Labute approximate surface area is 161 Å². The Hall–Kier alpha value is -2.31. The topological polar surface area (TPSA) is 80.8 Å². The highest BCUT2D eigenvalue weighted by atomic mass is 16.6. The third-order valence-electron chi connectivity index (χ3n) is 4.80. The summed E-state index contributed by atoms with van der Waals surface area (Å²) in [5.41, 5.74) is 1.28. The summed E-state index contributed by atoms with van der Waals surface area (Å²) in [6, 6.07) is 1.79. The molecule has 1 aliphatic rings. The van der Waals surface area contributed by atoms with Crippen molar-refractivity contribution in [2.75, 3.05) is 30.9 Å². The molecule has 0 saturated heterocycles. The van der Waals surface area contributed by atoms with Crippen LogP contribution in [0.2, 0.25) is 0 Å². The number of pyridine rings is 1. The fraction of sp³-hybridized carbons (Fsp3) is 0.650. The van der Waals surface area contributed by atoms with E-state index in [1.54, 1.807) is 33.2 Å². The van der Waals surface area contributed by atoms with E-state index in [-0.39, 0.29) is 18.5 Å². The van der Waals surface area contributed by atoms with Gasteiger partial charge in [-0.15, -0.1) is 0 Å². The number of methoxy groups -OCH3 is 1. The number of carbonyl (C=O) groups is 2. The highest BCUT2D eigenvalue weighted by Crippen LogP contribution is 2.26. The normalized spacial score (nSPS) is 14.7. The molecule has 0 bridgehead atoms. The van der Waals surface area contributed by atoms with Gasteiger partial charge in [0.25, 0.3) is 0 Å². The maximum Gasteiger partial charge on any atom is 0.414 e. The molecule has 0 aliphatic heterocycles. The number of nitrogens with zero attached hydrogens (tertiary/aromatic N) is 2. The van der Waals surface area contributed by atoms with E-state index < -0.39 is 6.09 Å². The summed E-state index contributed by atoms with van der Waals surface area (Å²) in [7, 11) is 2.99. The van der Waals surface area contributed by atoms with Crippen LogP contribution in [0.3, 0.4) is 0 Å². The summed E-state index contributed by atoms with van der Waals surface area (Å²) in [6.45, 7) is 4.43. The summed E-state index contributed by atoms with van der Waals surface area (Å²) >= 11 is 0. The van der Waals surface area contributed by atoms with Crippen LogP contribution < -0.4 is 10.2 Å². The molecule has 1 amide bonds. The predicted octanol–water partition coefficient (Wildman–Crippen LogP) is 3.77. The first kappa shape index (κ1) is 21.0. The third kappa shape index (κ3) is 6.41. The van der Waals surface area contributed by atoms with Crippen molar-refractivity contribution in [2.24, 2.45) is 5.92 Å². The van der Waals surface area contributed by atoms with Crippen molar-refractivity contribution in [1.82, 2.24) is 4.98 Å². The molecule has 1 N–H and O–H groups in total. The van der Waals surface area contributed by atoms with E-state index in [1.807, 2.05) is 0 Å². The average Bonchev–Trinajstić information content (AvgIpc) is 2.66. The summed E-state index contributed by atoms with van der Waals surface area (Å²) in [5, 5.41) is 3.39. The van der Waals surface area contributed by atoms with Gasteiger partial charge in [-0.25, -0.2) is 9.78 Å². The van der Waals surface area contributed by atoms with Gasteiger partial charge in [0.05, 0.1) is 31.5 Å². The van der Waals surface area contributed by atoms with Crippen molar-refractivity contribution < 1.29 is 19.1 Å². The van der Waals surface area contributed by atoms with E-state index >= 15 is 0 Å². The van der Waals surface area contributed by atoms with Gasteiger partial charge < -0.3 is 14.8 Å². The van der Waals surface area contributed by atoms with Crippen LogP contribution in [0.5, 0.6) is 0 Å². The molecule has 7 nitrogen and oxygen atoms in total. The molecule has 0 radical (unpaired) electrons. The zero-order chi connectivity index (χ0) is 19.8. The van der Waals surface area contributed by atoms with Crippen molar-refractivity contribution in [3.8, 4) is 0 Å². The average molecular weight is 377 g/mol. The summed E-state index contributed by atoms with van der Waals surface area (Å²) in [6.07, 6.45) is 7.35. The second kappa shape index (κ2) is 10.1. The quantitative estimate of drug-likeness (QED) is 0.729. The first-order valence-electron chi connectivity index (χ1n) is 9.64. The van der Waals surface area contributed by atoms with E-state index in [2.05, 4.69) is 10.3 Å². The number of amides is 1. The SMILES string of the molecule is COC(=O)Cc1cc(N(C)C(=O)OC(C)C)cnc1NCC1CCCCC1. The molecule has 1 aromatic rings. The molecule has 27 heavy (non-hydrogen) atoms. The molecule has 150 valence electrons. The number of ether oxygens (including phenoxy) is 2. The van der Waals surface area contributed by atoms with Crippen molar-refractivity contribution in [2.45, 2.75) is 58.5 Å². The van der Waals surface area contributed by atoms with Crippen LogP contribution in [-0.2, 0) is 20.7 Å². The smallest absolute Gasteiger partial charge is 0.414 e. The Morgan fingerprint density at radius 2 is 2.00 bits per heavy atom. The second-order valence-corrected chi connectivity index (χ2v) is 7.33. The van der Waals surface area contributed by atoms with Crippen molar-refractivity contribution in [3.05, 3.63) is 17.8 Å². The molecular formula is C20H31N3O4. The molecule has 1 fully saturated rings. The zero-order valence-corrected chi connectivity index (χ0v) is 16.8. The predicted molar refractivity (Wildman–Crippen MR) is 105 cm³/mol. The lowest BCUT2D eigenvalue weighted by Crippen LogP contribution is -2.29. The van der Waals surface area contributed by atoms with Crippen LogP contribution in [0.4, 0.5) is 16.3 Å². The third-order valence-corrected chi connectivity index (χ3v) is 4.80. The first-order chi connectivity index (χ1) is 12.9. The summed E-state index contributed by atoms with van der Waals surface area (Å²) in [5.74, 6) is 0.956. The minimum atomic E-state index is -0.460. The van der Waals surface area contributed by atoms with Crippen LogP contribution in [0.1, 0.15) is 51.5 Å². The fourth-order valence-corrected chi connectivity index (χ4v) is 3.22. The largest absolute Gasteiger partial charge is 0.469 e. The van der Waals surface area contributed by atoms with Gasteiger partial charge >= 0.3 is 12.1 Å². The monoisotopic (exact) mass is 377 g/mol. The van der Waals surface area contributed by atoms with Crippen LogP contribution >= 0.6 is 0 Å². The lowest BCUT2D eigenvalue weighted by molar-refractivity contribution is -0.139. The van der Waals surface area contributed by atoms with E-state index in [0.29, 0.717) is 23.0 Å². The Kier molecular flexibility index (Phi) is 7.88. The van der Waals surface area contributed by atoms with E-state index in [4.69, 9.17) is 9.47 Å². The Morgan fingerprint density at radius 1 is 1.30 bits per heavy atom. The maximum atomic E-state index is 12.1. The highest BCUT2D eigenvalue weighted by Gasteiger charge is 2.19. The molecule has 1 aliphatic carbocycles. The van der Waals surface area contributed by atoms with Gasteiger partial charge in [-0.05, 0) is 38.7 Å². The molecule has 1 heterocycles. The van der Waals surface area contributed by atoms with Crippen LogP contribution in [0.25, 0.3) is 0 Å². The molecule has 7 heteroatoms. The number of rotatable bonds is 7. The molecule has 1 saturated carbocycles. The molecule has 0 atom stereocenters. The molecular weight excluding hydrogens is 346 g/mol. The van der Waals surface area contributed by atoms with Crippen molar-refractivity contribution in [3.63, 3.8) is 0 Å². The van der Waals surface area contributed by atoms with Crippen molar-refractivity contribution >= 4 is 23.6 Å². The summed E-state index contributed by atoms with van der Waals surface area (Å²) in [4.78, 5) is 29.8. The van der Waals surface area contributed by atoms with Gasteiger partial charge in [0.2, 0.25) is 0 Å². The van der Waals surface area contributed by atoms with Crippen LogP contribution in [-0.4, -0.2) is 43.9 Å². The van der Waals surface area contributed by atoms with Gasteiger partial charge in [-0.1, -0.05) is 19.3 Å². The van der Waals surface area contributed by atoms with Gasteiger partial charge in [0.1, 0.15) is 5.82 Å². The lowest BCUT2D eigenvalue weighted by atomic mass is 9.89. The fourth-order valence-electron chi connectivity index (χ4n) is 3.22. The molecule has 1 aromatic heterocycles. The van der Waals surface area contributed by atoms with Crippen LogP contribution in [0, 0.1) is 5.92 Å². The van der Waals surface area contributed by atoms with Gasteiger partial charge in [0, 0.05) is 19.2 Å². The Balaban J connectivity index is 2.14. The number of nitrogens with one attached hydrogen (secondary N) is 1. The first-order valence-corrected chi connectivity index (χ1v) is 9.64. The standard InChI is InChI=1S/C20H31N3O4/c1-14(2)27-20(25)23(3)17-10-16(11-18(24)26-4)19(22-13-17)21-12-15-8-6-5-7-9-15/h10,13-15H,5-9,11-12H2,1-4H3,(H,21,22). The minimum absolute atomic E-state index is 0.0947. The number of hydrogen-bond donors (Lipinski definition) is 1.